The van der Waals surface area contributed by atoms with E-state index in [9.17, 15) is 4.79 Å². The summed E-state index contributed by atoms with van der Waals surface area (Å²) in [6, 6.07) is 0. The van der Waals surface area contributed by atoms with E-state index < -0.39 is 6.10 Å². The van der Waals surface area contributed by atoms with Gasteiger partial charge in [0.15, 0.2) is 0 Å². The zero-order chi connectivity index (χ0) is 9.14. The minimum Gasteiger partial charge on any atom is -0.392 e. The Morgan fingerprint density at radius 1 is 1.58 bits per heavy atom. The molecule has 0 radical (unpaired) electrons. The van der Waals surface area contributed by atoms with Gasteiger partial charge in [0.2, 0.25) is 5.91 Å². The van der Waals surface area contributed by atoms with E-state index in [0.717, 1.165) is 0 Å². The van der Waals surface area contributed by atoms with Crippen LogP contribution in [0, 0.1) is 11.8 Å². The number of hydrogen-bond acceptors (Lipinski definition) is 2. The molecule has 0 aromatic rings. The van der Waals surface area contributed by atoms with Crippen molar-refractivity contribution in [2.75, 3.05) is 6.54 Å². The molecule has 12 heavy (non-hydrogen) atoms. The Morgan fingerprint density at radius 2 is 2.17 bits per heavy atom. The Balaban J connectivity index is 2.17. The van der Waals surface area contributed by atoms with E-state index in [-0.39, 0.29) is 11.8 Å². The quantitative estimate of drug-likeness (QED) is 0.648. The number of nitrogens with one attached hydrogen (secondary N) is 1. The highest BCUT2D eigenvalue weighted by molar-refractivity contribution is 5.78. The van der Waals surface area contributed by atoms with Crippen LogP contribution < -0.4 is 5.32 Å². The molecule has 1 fully saturated rings. The maximum Gasteiger partial charge on any atom is 0.223 e. The van der Waals surface area contributed by atoms with Gasteiger partial charge in [-0.3, -0.25) is 4.79 Å². The van der Waals surface area contributed by atoms with Gasteiger partial charge in [-0.2, -0.15) is 0 Å². The largest absolute Gasteiger partial charge is 0.392 e. The standard InChI is InChI=1S/C9H17NO2/c1-6(11)5-10-9(12)7(2)8-3-4-8/h6-8,11H,3-5H2,1-2H3,(H,10,12)/t6-,7?/m0/s1. The maximum absolute atomic E-state index is 11.3. The van der Waals surface area contributed by atoms with Crippen LogP contribution >= 0.6 is 0 Å². The van der Waals surface area contributed by atoms with E-state index in [0.29, 0.717) is 12.5 Å². The number of amides is 1. The molecule has 1 aliphatic rings. The molecular formula is C9H17NO2. The molecule has 1 unspecified atom stereocenters. The van der Waals surface area contributed by atoms with E-state index in [1.807, 2.05) is 6.92 Å². The van der Waals surface area contributed by atoms with Crippen LogP contribution in [0.5, 0.6) is 0 Å². The van der Waals surface area contributed by atoms with Crippen molar-refractivity contribution in [1.82, 2.24) is 5.32 Å². The predicted octanol–water partition coefficient (Wildman–Crippen LogP) is 0.529. The first-order valence-corrected chi connectivity index (χ1v) is 4.57. The first-order chi connectivity index (χ1) is 5.61. The number of carbonyl (C=O) groups excluding carboxylic acids is 1. The minimum absolute atomic E-state index is 0.0819. The van der Waals surface area contributed by atoms with Crippen LogP contribution in [0.2, 0.25) is 0 Å². The van der Waals surface area contributed by atoms with Gasteiger partial charge in [-0.1, -0.05) is 6.92 Å². The molecule has 1 amide bonds. The van der Waals surface area contributed by atoms with Gasteiger partial charge in [0.05, 0.1) is 6.10 Å². The topological polar surface area (TPSA) is 49.3 Å². The third-order valence-electron chi connectivity index (χ3n) is 2.31. The Morgan fingerprint density at radius 3 is 2.58 bits per heavy atom. The predicted molar refractivity (Wildman–Crippen MR) is 46.6 cm³/mol. The average molecular weight is 171 g/mol. The molecular weight excluding hydrogens is 154 g/mol. The lowest BCUT2D eigenvalue weighted by Gasteiger charge is -2.11. The third kappa shape index (κ3) is 2.81. The van der Waals surface area contributed by atoms with Crippen LogP contribution in [-0.2, 0) is 4.79 Å². The van der Waals surface area contributed by atoms with Gasteiger partial charge in [0.1, 0.15) is 0 Å². The van der Waals surface area contributed by atoms with Crippen LogP contribution in [0.15, 0.2) is 0 Å². The summed E-state index contributed by atoms with van der Waals surface area (Å²) in [5.41, 5.74) is 0. The SMILES string of the molecule is CC(C(=O)NC[C@H](C)O)C1CC1. The summed E-state index contributed by atoms with van der Waals surface area (Å²) in [4.78, 5) is 11.3. The molecule has 0 heterocycles. The van der Waals surface area contributed by atoms with Crippen molar-refractivity contribution in [3.8, 4) is 0 Å². The Hall–Kier alpha value is -0.570. The van der Waals surface area contributed by atoms with Crippen LogP contribution in [0.1, 0.15) is 26.7 Å². The smallest absolute Gasteiger partial charge is 0.223 e. The zero-order valence-electron chi connectivity index (χ0n) is 7.71. The zero-order valence-corrected chi connectivity index (χ0v) is 7.71. The lowest BCUT2D eigenvalue weighted by atomic mass is 10.1. The summed E-state index contributed by atoms with van der Waals surface area (Å²) in [6.45, 7) is 3.99. The van der Waals surface area contributed by atoms with E-state index >= 15 is 0 Å². The van der Waals surface area contributed by atoms with Crippen molar-refractivity contribution >= 4 is 5.91 Å². The molecule has 2 N–H and O–H groups in total. The lowest BCUT2D eigenvalue weighted by Crippen LogP contribution is -2.35. The summed E-state index contributed by atoms with van der Waals surface area (Å²) >= 11 is 0. The first-order valence-electron chi connectivity index (χ1n) is 4.57. The monoisotopic (exact) mass is 171 g/mol. The highest BCUT2D eigenvalue weighted by Gasteiger charge is 2.32. The molecule has 0 bridgehead atoms. The number of rotatable bonds is 4. The molecule has 1 rings (SSSR count). The maximum atomic E-state index is 11.3. The average Bonchev–Trinajstić information content (AvgIpc) is 2.80. The molecule has 0 spiro atoms. The van der Waals surface area contributed by atoms with Gasteiger partial charge in [0.25, 0.3) is 0 Å². The van der Waals surface area contributed by atoms with E-state index in [1.165, 1.54) is 12.8 Å². The highest BCUT2D eigenvalue weighted by atomic mass is 16.3. The second-order valence-corrected chi connectivity index (χ2v) is 3.72. The van der Waals surface area contributed by atoms with Crippen molar-refractivity contribution < 1.29 is 9.90 Å². The summed E-state index contributed by atoms with van der Waals surface area (Å²) in [5, 5.41) is 11.6. The fraction of sp³-hybridized carbons (Fsp3) is 0.889. The second kappa shape index (κ2) is 3.90. The molecule has 1 aliphatic carbocycles. The summed E-state index contributed by atoms with van der Waals surface area (Å²) in [6.07, 6.45) is 1.92. The number of carbonyl (C=O) groups is 1. The van der Waals surface area contributed by atoms with E-state index in [4.69, 9.17) is 5.11 Å². The van der Waals surface area contributed by atoms with Gasteiger partial charge in [-0.15, -0.1) is 0 Å². The summed E-state index contributed by atoms with van der Waals surface area (Å²) < 4.78 is 0. The van der Waals surface area contributed by atoms with Crippen LogP contribution in [0.3, 0.4) is 0 Å². The molecule has 3 nitrogen and oxygen atoms in total. The van der Waals surface area contributed by atoms with Crippen LogP contribution in [0.4, 0.5) is 0 Å². The van der Waals surface area contributed by atoms with Crippen molar-refractivity contribution in [3.05, 3.63) is 0 Å². The molecule has 0 aliphatic heterocycles. The highest BCUT2D eigenvalue weighted by Crippen LogP contribution is 2.36. The number of hydrogen-bond donors (Lipinski definition) is 2. The van der Waals surface area contributed by atoms with Gasteiger partial charge < -0.3 is 10.4 Å². The molecule has 0 aromatic heterocycles. The Bertz CT molecular complexity index is 164. The van der Waals surface area contributed by atoms with Crippen LogP contribution in [-0.4, -0.2) is 23.7 Å². The van der Waals surface area contributed by atoms with Gasteiger partial charge in [-0.05, 0) is 25.7 Å². The first kappa shape index (κ1) is 9.52. The fourth-order valence-corrected chi connectivity index (χ4v) is 1.22. The summed E-state index contributed by atoms with van der Waals surface area (Å²) in [5.74, 6) is 0.807. The van der Waals surface area contributed by atoms with E-state index in [1.54, 1.807) is 6.92 Å². The van der Waals surface area contributed by atoms with Crippen LogP contribution in [0.25, 0.3) is 0 Å². The van der Waals surface area contributed by atoms with Crippen molar-refractivity contribution in [3.63, 3.8) is 0 Å². The van der Waals surface area contributed by atoms with Crippen molar-refractivity contribution in [2.45, 2.75) is 32.8 Å². The van der Waals surface area contributed by atoms with Crippen molar-refractivity contribution in [1.29, 1.82) is 0 Å². The Labute approximate surface area is 73.2 Å². The molecule has 2 atom stereocenters. The lowest BCUT2D eigenvalue weighted by molar-refractivity contribution is -0.125. The molecule has 0 saturated heterocycles. The normalized spacial score (nSPS) is 21.6. The van der Waals surface area contributed by atoms with Gasteiger partial charge in [0, 0.05) is 12.5 Å². The minimum atomic E-state index is -0.444. The van der Waals surface area contributed by atoms with Gasteiger partial charge in [-0.25, -0.2) is 0 Å². The molecule has 0 aromatic carbocycles. The summed E-state index contributed by atoms with van der Waals surface area (Å²) in [7, 11) is 0. The number of aliphatic hydroxyl groups excluding tert-OH is 1. The third-order valence-corrected chi connectivity index (χ3v) is 2.31. The molecule has 3 heteroatoms. The fourth-order valence-electron chi connectivity index (χ4n) is 1.22. The van der Waals surface area contributed by atoms with Gasteiger partial charge >= 0.3 is 0 Å². The van der Waals surface area contributed by atoms with E-state index in [2.05, 4.69) is 5.32 Å². The number of aliphatic hydroxyl groups is 1. The second-order valence-electron chi connectivity index (χ2n) is 3.72. The molecule has 1 saturated carbocycles. The Kier molecular flexibility index (Phi) is 3.09. The molecule has 70 valence electrons. The van der Waals surface area contributed by atoms with Crippen molar-refractivity contribution in [2.24, 2.45) is 11.8 Å².